The quantitative estimate of drug-likeness (QED) is 0.684. The number of pyridine rings is 1. The first-order valence-corrected chi connectivity index (χ1v) is 8.71. The van der Waals surface area contributed by atoms with E-state index in [1.165, 1.54) is 27.4 Å². The lowest BCUT2D eigenvalue weighted by Gasteiger charge is -2.19. The number of hydrogen-bond acceptors (Lipinski definition) is 5. The number of aromatic amines is 1. The number of methoxy groups -OCH3 is 3. The van der Waals surface area contributed by atoms with E-state index in [9.17, 15) is 9.59 Å². The van der Waals surface area contributed by atoms with Crippen molar-refractivity contribution >= 4 is 16.8 Å². The highest BCUT2D eigenvalue weighted by atomic mass is 16.5. The van der Waals surface area contributed by atoms with E-state index in [0.717, 1.165) is 5.56 Å². The van der Waals surface area contributed by atoms with Crippen LogP contribution in [0.1, 0.15) is 28.9 Å². The average molecular weight is 382 g/mol. The van der Waals surface area contributed by atoms with Gasteiger partial charge in [-0.1, -0.05) is 18.2 Å². The van der Waals surface area contributed by atoms with Crippen LogP contribution in [-0.2, 0) is 0 Å². The lowest BCUT2D eigenvalue weighted by atomic mass is 10.0. The smallest absolute Gasteiger partial charge is 0.252 e. The standard InChI is InChI=1S/C21H22N2O5/c1-12(13-9-17(26-2)20(28-4)18(10-13)27-3)22-21(25)15-11-19(24)23-16-8-6-5-7-14(15)16/h5-12H,1-4H3,(H,22,25)(H,23,24)/t12-/m0/s1. The summed E-state index contributed by atoms with van der Waals surface area (Å²) in [4.78, 5) is 27.5. The number of nitrogens with one attached hydrogen (secondary N) is 2. The Morgan fingerprint density at radius 2 is 1.64 bits per heavy atom. The largest absolute Gasteiger partial charge is 0.493 e. The minimum atomic E-state index is -0.362. The van der Waals surface area contributed by atoms with Crippen molar-refractivity contribution in [2.45, 2.75) is 13.0 Å². The van der Waals surface area contributed by atoms with E-state index in [4.69, 9.17) is 14.2 Å². The Kier molecular flexibility index (Phi) is 5.54. The Hall–Kier alpha value is -3.48. The zero-order valence-corrected chi connectivity index (χ0v) is 16.2. The number of hydrogen-bond donors (Lipinski definition) is 2. The molecule has 0 unspecified atom stereocenters. The number of benzene rings is 2. The molecule has 0 aliphatic heterocycles. The van der Waals surface area contributed by atoms with E-state index in [1.54, 1.807) is 30.3 Å². The summed E-state index contributed by atoms with van der Waals surface area (Å²) in [7, 11) is 4.60. The van der Waals surface area contributed by atoms with Gasteiger partial charge in [-0.2, -0.15) is 0 Å². The first-order valence-electron chi connectivity index (χ1n) is 8.71. The van der Waals surface area contributed by atoms with Gasteiger partial charge in [0.05, 0.1) is 32.9 Å². The third-order valence-corrected chi connectivity index (χ3v) is 4.53. The molecular weight excluding hydrogens is 360 g/mol. The van der Waals surface area contributed by atoms with Crippen LogP contribution in [0.5, 0.6) is 17.2 Å². The second-order valence-corrected chi connectivity index (χ2v) is 6.25. The van der Waals surface area contributed by atoms with Crippen LogP contribution in [0.15, 0.2) is 47.3 Å². The molecule has 1 heterocycles. The highest BCUT2D eigenvalue weighted by Gasteiger charge is 2.19. The van der Waals surface area contributed by atoms with Gasteiger partial charge in [0.1, 0.15) is 0 Å². The van der Waals surface area contributed by atoms with Gasteiger partial charge < -0.3 is 24.5 Å². The maximum absolute atomic E-state index is 12.9. The van der Waals surface area contributed by atoms with Crippen molar-refractivity contribution < 1.29 is 19.0 Å². The summed E-state index contributed by atoms with van der Waals surface area (Å²) in [5.41, 5.74) is 1.38. The maximum Gasteiger partial charge on any atom is 0.252 e. The first kappa shape index (κ1) is 19.3. The highest BCUT2D eigenvalue weighted by molar-refractivity contribution is 6.06. The van der Waals surface area contributed by atoms with Crippen molar-refractivity contribution in [3.63, 3.8) is 0 Å². The van der Waals surface area contributed by atoms with Crippen LogP contribution in [-0.4, -0.2) is 32.2 Å². The van der Waals surface area contributed by atoms with Crippen LogP contribution in [0.25, 0.3) is 10.9 Å². The SMILES string of the molecule is COc1cc([C@H](C)NC(=O)c2cc(=O)[nH]c3ccccc23)cc(OC)c1OC. The molecule has 7 nitrogen and oxygen atoms in total. The van der Waals surface area contributed by atoms with Gasteiger partial charge in [-0.3, -0.25) is 9.59 Å². The van der Waals surface area contributed by atoms with Crippen LogP contribution >= 0.6 is 0 Å². The maximum atomic E-state index is 12.9. The van der Waals surface area contributed by atoms with Gasteiger partial charge in [-0.15, -0.1) is 0 Å². The number of fused-ring (bicyclic) bond motifs is 1. The minimum absolute atomic E-state index is 0.318. The minimum Gasteiger partial charge on any atom is -0.493 e. The predicted octanol–water partition coefficient (Wildman–Crippen LogP) is 3.04. The molecule has 2 aromatic carbocycles. The number of ether oxygens (including phenoxy) is 3. The summed E-state index contributed by atoms with van der Waals surface area (Å²) in [6.45, 7) is 1.84. The molecule has 7 heteroatoms. The molecule has 0 radical (unpaired) electrons. The summed E-state index contributed by atoms with van der Waals surface area (Å²) in [5, 5.41) is 3.61. The summed E-state index contributed by atoms with van der Waals surface area (Å²) < 4.78 is 16.1. The zero-order chi connectivity index (χ0) is 20.3. The Bertz CT molecular complexity index is 1050. The molecule has 1 aromatic heterocycles. The molecule has 0 saturated carbocycles. The number of carbonyl (C=O) groups excluding carboxylic acids is 1. The van der Waals surface area contributed by atoms with E-state index >= 15 is 0 Å². The van der Waals surface area contributed by atoms with E-state index < -0.39 is 0 Å². The van der Waals surface area contributed by atoms with E-state index in [1.807, 2.05) is 13.0 Å². The Labute approximate surface area is 162 Å². The molecule has 0 fully saturated rings. The molecule has 146 valence electrons. The van der Waals surface area contributed by atoms with Gasteiger partial charge in [0.15, 0.2) is 11.5 Å². The fourth-order valence-corrected chi connectivity index (χ4v) is 3.10. The van der Waals surface area contributed by atoms with Crippen LogP contribution in [0.3, 0.4) is 0 Å². The molecule has 3 rings (SSSR count). The van der Waals surface area contributed by atoms with Crippen molar-refractivity contribution in [2.24, 2.45) is 0 Å². The molecule has 2 N–H and O–H groups in total. The van der Waals surface area contributed by atoms with Gasteiger partial charge in [0, 0.05) is 17.0 Å². The fraction of sp³-hybridized carbons (Fsp3) is 0.238. The lowest BCUT2D eigenvalue weighted by molar-refractivity contribution is 0.0941. The number of aromatic nitrogens is 1. The fourth-order valence-electron chi connectivity index (χ4n) is 3.10. The molecular formula is C21H22N2O5. The Morgan fingerprint density at radius 3 is 2.25 bits per heavy atom. The number of rotatable bonds is 6. The number of amides is 1. The highest BCUT2D eigenvalue weighted by Crippen LogP contribution is 2.39. The van der Waals surface area contributed by atoms with E-state index in [-0.39, 0.29) is 17.5 Å². The van der Waals surface area contributed by atoms with E-state index in [0.29, 0.717) is 33.7 Å². The van der Waals surface area contributed by atoms with Gasteiger partial charge in [-0.05, 0) is 30.7 Å². The molecule has 1 atom stereocenters. The van der Waals surface area contributed by atoms with Crippen LogP contribution in [0, 0.1) is 0 Å². The lowest BCUT2D eigenvalue weighted by Crippen LogP contribution is -2.28. The van der Waals surface area contributed by atoms with Gasteiger partial charge in [0.25, 0.3) is 5.91 Å². The third-order valence-electron chi connectivity index (χ3n) is 4.53. The summed E-state index contributed by atoms with van der Waals surface area (Å²) in [6.07, 6.45) is 0. The normalized spacial score (nSPS) is 11.7. The number of para-hydroxylation sites is 1. The van der Waals surface area contributed by atoms with Crippen molar-refractivity contribution in [3.05, 3.63) is 63.9 Å². The van der Waals surface area contributed by atoms with Crippen molar-refractivity contribution in [3.8, 4) is 17.2 Å². The third kappa shape index (κ3) is 3.64. The topological polar surface area (TPSA) is 89.7 Å². The molecule has 0 spiro atoms. The van der Waals surface area contributed by atoms with Crippen molar-refractivity contribution in [1.82, 2.24) is 10.3 Å². The molecule has 28 heavy (non-hydrogen) atoms. The van der Waals surface area contributed by atoms with Gasteiger partial charge in [-0.25, -0.2) is 0 Å². The van der Waals surface area contributed by atoms with Crippen LogP contribution in [0.4, 0.5) is 0 Å². The summed E-state index contributed by atoms with van der Waals surface area (Å²) in [5.74, 6) is 1.13. The first-order chi connectivity index (χ1) is 13.5. The molecule has 0 bridgehead atoms. The Morgan fingerprint density at radius 1 is 1.00 bits per heavy atom. The molecule has 1 amide bonds. The zero-order valence-electron chi connectivity index (χ0n) is 16.2. The van der Waals surface area contributed by atoms with E-state index in [2.05, 4.69) is 10.3 Å². The number of carbonyl (C=O) groups is 1. The van der Waals surface area contributed by atoms with Crippen molar-refractivity contribution in [1.29, 1.82) is 0 Å². The van der Waals surface area contributed by atoms with Gasteiger partial charge in [0.2, 0.25) is 11.3 Å². The molecule has 0 aliphatic rings. The van der Waals surface area contributed by atoms with Crippen LogP contribution in [0.2, 0.25) is 0 Å². The number of H-pyrrole nitrogens is 1. The monoisotopic (exact) mass is 382 g/mol. The molecule has 0 saturated heterocycles. The molecule has 3 aromatic rings. The molecule has 0 aliphatic carbocycles. The van der Waals surface area contributed by atoms with Crippen LogP contribution < -0.4 is 25.1 Å². The summed E-state index contributed by atoms with van der Waals surface area (Å²) in [6, 6.07) is 11.7. The Balaban J connectivity index is 1.95. The van der Waals surface area contributed by atoms with Crippen molar-refractivity contribution in [2.75, 3.05) is 21.3 Å². The second kappa shape index (κ2) is 8.04. The average Bonchev–Trinajstić information content (AvgIpc) is 2.71. The van der Waals surface area contributed by atoms with Gasteiger partial charge >= 0.3 is 0 Å². The second-order valence-electron chi connectivity index (χ2n) is 6.25. The summed E-state index contributed by atoms with van der Waals surface area (Å²) >= 11 is 0. The predicted molar refractivity (Wildman–Crippen MR) is 107 cm³/mol.